The summed E-state index contributed by atoms with van der Waals surface area (Å²) >= 11 is 6.91. The second-order valence-corrected chi connectivity index (χ2v) is 4.65. The molecule has 0 aliphatic heterocycles. The number of halogens is 2. The van der Waals surface area contributed by atoms with Crippen LogP contribution in [-0.2, 0) is 0 Å². The monoisotopic (exact) mass is 333 g/mol. The molecule has 1 aromatic rings. The lowest BCUT2D eigenvalue weighted by molar-refractivity contribution is 0.337. The van der Waals surface area contributed by atoms with Gasteiger partial charge < -0.3 is 10.5 Å². The SMILES string of the molecule is CCOc1c(Br)cc(Br)cc1C=CCN. The Hall–Kier alpha value is -0.320. The fourth-order valence-corrected chi connectivity index (χ4v) is 2.57. The minimum Gasteiger partial charge on any atom is -0.492 e. The van der Waals surface area contributed by atoms with E-state index in [0.29, 0.717) is 13.2 Å². The molecule has 4 heteroatoms. The van der Waals surface area contributed by atoms with Crippen LogP contribution in [0.3, 0.4) is 0 Å². The number of hydrogen-bond donors (Lipinski definition) is 1. The van der Waals surface area contributed by atoms with Crippen LogP contribution in [0.2, 0.25) is 0 Å². The van der Waals surface area contributed by atoms with Gasteiger partial charge in [0.1, 0.15) is 5.75 Å². The minimum absolute atomic E-state index is 0.524. The third kappa shape index (κ3) is 3.63. The van der Waals surface area contributed by atoms with Crippen LogP contribution >= 0.6 is 31.9 Å². The summed E-state index contributed by atoms with van der Waals surface area (Å²) in [5, 5.41) is 0. The molecule has 0 fully saturated rings. The first-order valence-electron chi connectivity index (χ1n) is 4.67. The highest BCUT2D eigenvalue weighted by Crippen LogP contribution is 2.33. The fraction of sp³-hybridized carbons (Fsp3) is 0.273. The third-order valence-corrected chi connectivity index (χ3v) is 2.81. The van der Waals surface area contributed by atoms with Gasteiger partial charge in [0.05, 0.1) is 11.1 Å². The smallest absolute Gasteiger partial charge is 0.140 e. The molecule has 0 spiro atoms. The van der Waals surface area contributed by atoms with Crippen LogP contribution in [0.25, 0.3) is 6.08 Å². The van der Waals surface area contributed by atoms with Crippen molar-refractivity contribution in [3.8, 4) is 5.75 Å². The Labute approximate surface area is 107 Å². The highest BCUT2D eigenvalue weighted by atomic mass is 79.9. The highest BCUT2D eigenvalue weighted by Gasteiger charge is 2.07. The minimum atomic E-state index is 0.524. The lowest BCUT2D eigenvalue weighted by Crippen LogP contribution is -1.96. The van der Waals surface area contributed by atoms with E-state index < -0.39 is 0 Å². The second-order valence-electron chi connectivity index (χ2n) is 2.88. The number of benzene rings is 1. The zero-order valence-corrected chi connectivity index (χ0v) is 11.6. The summed E-state index contributed by atoms with van der Waals surface area (Å²) < 4.78 is 7.51. The number of nitrogens with two attached hydrogens (primary N) is 1. The molecular formula is C11H13Br2NO. The first-order valence-corrected chi connectivity index (χ1v) is 6.26. The van der Waals surface area contributed by atoms with Crippen LogP contribution in [-0.4, -0.2) is 13.2 Å². The Morgan fingerprint density at radius 2 is 2.13 bits per heavy atom. The van der Waals surface area contributed by atoms with Crippen molar-refractivity contribution in [3.63, 3.8) is 0 Å². The van der Waals surface area contributed by atoms with Crippen molar-refractivity contribution in [2.45, 2.75) is 6.92 Å². The van der Waals surface area contributed by atoms with Crippen molar-refractivity contribution >= 4 is 37.9 Å². The van der Waals surface area contributed by atoms with Crippen LogP contribution in [0.15, 0.2) is 27.2 Å². The van der Waals surface area contributed by atoms with Crippen molar-refractivity contribution in [2.24, 2.45) is 5.73 Å². The van der Waals surface area contributed by atoms with Gasteiger partial charge >= 0.3 is 0 Å². The molecule has 0 aliphatic carbocycles. The maximum atomic E-state index is 5.56. The van der Waals surface area contributed by atoms with Gasteiger partial charge in [0.2, 0.25) is 0 Å². The molecule has 0 radical (unpaired) electrons. The summed E-state index contributed by atoms with van der Waals surface area (Å²) in [5.74, 6) is 0.852. The van der Waals surface area contributed by atoms with Crippen LogP contribution in [0.5, 0.6) is 5.75 Å². The van der Waals surface area contributed by atoms with Crippen LogP contribution in [0, 0.1) is 0 Å². The van der Waals surface area contributed by atoms with Gasteiger partial charge in [-0.15, -0.1) is 0 Å². The van der Waals surface area contributed by atoms with E-state index in [1.807, 2.05) is 31.2 Å². The summed E-state index contributed by atoms with van der Waals surface area (Å²) in [7, 11) is 0. The average molecular weight is 335 g/mol. The molecule has 1 rings (SSSR count). The van der Waals surface area contributed by atoms with E-state index in [1.165, 1.54) is 0 Å². The summed E-state index contributed by atoms with van der Waals surface area (Å²) in [4.78, 5) is 0. The molecule has 0 unspecified atom stereocenters. The molecule has 15 heavy (non-hydrogen) atoms. The van der Waals surface area contributed by atoms with Crippen molar-refractivity contribution in [1.29, 1.82) is 0 Å². The van der Waals surface area contributed by atoms with E-state index in [1.54, 1.807) is 0 Å². The molecule has 82 valence electrons. The first kappa shape index (κ1) is 12.7. The van der Waals surface area contributed by atoms with Crippen molar-refractivity contribution in [2.75, 3.05) is 13.2 Å². The first-order chi connectivity index (χ1) is 7.19. The average Bonchev–Trinajstić information content (AvgIpc) is 2.19. The van der Waals surface area contributed by atoms with Gasteiger partial charge in [-0.25, -0.2) is 0 Å². The molecule has 0 bridgehead atoms. The number of ether oxygens (including phenoxy) is 1. The Morgan fingerprint density at radius 3 is 2.73 bits per heavy atom. The molecule has 0 heterocycles. The summed E-state index contributed by atoms with van der Waals surface area (Å²) in [6.45, 7) is 3.13. The largest absolute Gasteiger partial charge is 0.492 e. The van der Waals surface area contributed by atoms with E-state index in [9.17, 15) is 0 Å². The summed E-state index contributed by atoms with van der Waals surface area (Å²) in [5.41, 5.74) is 6.44. The third-order valence-electron chi connectivity index (χ3n) is 1.76. The molecule has 0 aromatic heterocycles. The van der Waals surface area contributed by atoms with E-state index in [-0.39, 0.29) is 0 Å². The molecule has 0 saturated heterocycles. The van der Waals surface area contributed by atoms with E-state index in [4.69, 9.17) is 10.5 Å². The van der Waals surface area contributed by atoms with Gasteiger partial charge in [-0.1, -0.05) is 28.1 Å². The van der Waals surface area contributed by atoms with E-state index in [0.717, 1.165) is 20.3 Å². The predicted molar refractivity (Wildman–Crippen MR) is 71.1 cm³/mol. The molecule has 0 saturated carbocycles. The summed E-state index contributed by atoms with van der Waals surface area (Å²) in [6, 6.07) is 3.96. The Bertz CT molecular complexity index is 364. The molecular weight excluding hydrogens is 322 g/mol. The van der Waals surface area contributed by atoms with Gasteiger partial charge in [0, 0.05) is 16.6 Å². The van der Waals surface area contributed by atoms with Crippen LogP contribution in [0.4, 0.5) is 0 Å². The van der Waals surface area contributed by atoms with Crippen molar-refractivity contribution < 1.29 is 4.74 Å². The van der Waals surface area contributed by atoms with E-state index in [2.05, 4.69) is 31.9 Å². The lowest BCUT2D eigenvalue weighted by atomic mass is 10.2. The van der Waals surface area contributed by atoms with Crippen LogP contribution in [0.1, 0.15) is 12.5 Å². The van der Waals surface area contributed by atoms with Crippen LogP contribution < -0.4 is 10.5 Å². The topological polar surface area (TPSA) is 35.2 Å². The van der Waals surface area contributed by atoms with Crippen molar-refractivity contribution in [3.05, 3.63) is 32.7 Å². The Kier molecular flexibility index (Phi) is 5.36. The standard InChI is InChI=1S/C11H13Br2NO/c1-2-15-11-8(4-3-5-14)6-9(12)7-10(11)13/h3-4,6-7H,2,5,14H2,1H3. The van der Waals surface area contributed by atoms with Gasteiger partial charge in [-0.05, 0) is 35.0 Å². The maximum Gasteiger partial charge on any atom is 0.140 e. The van der Waals surface area contributed by atoms with Crippen molar-refractivity contribution in [1.82, 2.24) is 0 Å². The second kappa shape index (κ2) is 6.30. The quantitative estimate of drug-likeness (QED) is 0.913. The predicted octanol–water partition coefficient (Wildman–Crippen LogP) is 3.58. The molecule has 2 N–H and O–H groups in total. The molecule has 1 aromatic carbocycles. The zero-order valence-electron chi connectivity index (χ0n) is 8.47. The molecule has 2 nitrogen and oxygen atoms in total. The Balaban J connectivity index is 3.14. The van der Waals surface area contributed by atoms with Gasteiger partial charge in [-0.3, -0.25) is 0 Å². The number of rotatable bonds is 4. The maximum absolute atomic E-state index is 5.56. The van der Waals surface area contributed by atoms with Gasteiger partial charge in [0.15, 0.2) is 0 Å². The lowest BCUT2D eigenvalue weighted by Gasteiger charge is -2.10. The number of hydrogen-bond acceptors (Lipinski definition) is 2. The van der Waals surface area contributed by atoms with E-state index >= 15 is 0 Å². The molecule has 0 atom stereocenters. The normalized spacial score (nSPS) is 10.9. The van der Waals surface area contributed by atoms with Gasteiger partial charge in [-0.2, -0.15) is 0 Å². The summed E-state index contributed by atoms with van der Waals surface area (Å²) in [6.07, 6.45) is 3.86. The Morgan fingerprint density at radius 1 is 1.40 bits per heavy atom. The zero-order chi connectivity index (χ0) is 11.3. The molecule has 0 aliphatic rings. The van der Waals surface area contributed by atoms with Gasteiger partial charge in [0.25, 0.3) is 0 Å². The molecule has 0 amide bonds. The highest BCUT2D eigenvalue weighted by molar-refractivity contribution is 9.11. The fourth-order valence-electron chi connectivity index (χ4n) is 1.20.